The Kier molecular flexibility index (Phi) is 7.55. The predicted molar refractivity (Wildman–Crippen MR) is 82.2 cm³/mol. The Bertz CT molecular complexity index is 403. The van der Waals surface area contributed by atoms with Crippen LogP contribution in [0.25, 0.3) is 0 Å². The number of benzene rings is 1. The minimum absolute atomic E-state index is 0.0887. The molecule has 0 radical (unpaired) electrons. The third-order valence-corrected chi connectivity index (χ3v) is 3.19. The molecule has 0 atom stereocenters. The van der Waals surface area contributed by atoms with Crippen LogP contribution in [-0.2, 0) is 0 Å². The number of urea groups is 1. The van der Waals surface area contributed by atoms with E-state index >= 15 is 0 Å². The predicted octanol–water partition coefficient (Wildman–Crippen LogP) is 3.25. The highest BCUT2D eigenvalue weighted by Gasteiger charge is 2.06. The second kappa shape index (κ2) is 9.23. The molecule has 0 saturated heterocycles. The van der Waals surface area contributed by atoms with E-state index < -0.39 is 0 Å². The first-order chi connectivity index (χ1) is 9.65. The Morgan fingerprint density at radius 2 is 2.05 bits per heavy atom. The average molecular weight is 278 g/mol. The van der Waals surface area contributed by atoms with Crippen LogP contribution in [0.2, 0.25) is 0 Å². The zero-order valence-corrected chi connectivity index (χ0v) is 12.7. The van der Waals surface area contributed by atoms with Crippen LogP contribution in [0.4, 0.5) is 4.79 Å². The molecular weight excluding hydrogens is 252 g/mol. The Labute approximate surface area is 121 Å². The third kappa shape index (κ3) is 6.45. The number of rotatable bonds is 8. The normalized spacial score (nSPS) is 10.4. The Morgan fingerprint density at radius 3 is 2.70 bits per heavy atom. The molecule has 0 aliphatic carbocycles. The molecule has 0 bridgehead atoms. The Morgan fingerprint density at radius 1 is 1.30 bits per heavy atom. The highest BCUT2D eigenvalue weighted by atomic mass is 16.5. The number of hydrogen-bond acceptors (Lipinski definition) is 2. The first kappa shape index (κ1) is 16.3. The lowest BCUT2D eigenvalue weighted by Gasteiger charge is -2.15. The lowest BCUT2D eigenvalue weighted by atomic mass is 10.2. The topological polar surface area (TPSA) is 50.4 Å². The van der Waals surface area contributed by atoms with E-state index in [-0.39, 0.29) is 12.1 Å². The molecule has 0 spiro atoms. The van der Waals surface area contributed by atoms with Gasteiger partial charge >= 0.3 is 6.03 Å². The van der Waals surface area contributed by atoms with Gasteiger partial charge in [0.15, 0.2) is 0 Å². The molecule has 2 amide bonds. The van der Waals surface area contributed by atoms with E-state index in [1.54, 1.807) is 0 Å². The van der Waals surface area contributed by atoms with Crippen molar-refractivity contribution in [3.05, 3.63) is 29.8 Å². The van der Waals surface area contributed by atoms with Gasteiger partial charge in [-0.1, -0.05) is 26.0 Å². The van der Waals surface area contributed by atoms with E-state index in [9.17, 15) is 4.79 Å². The maximum Gasteiger partial charge on any atom is 0.315 e. The van der Waals surface area contributed by atoms with Gasteiger partial charge in [-0.15, -0.1) is 0 Å². The molecule has 112 valence electrons. The molecule has 0 fully saturated rings. The summed E-state index contributed by atoms with van der Waals surface area (Å²) in [4.78, 5) is 11.6. The molecule has 2 N–H and O–H groups in total. The third-order valence-electron chi connectivity index (χ3n) is 3.19. The van der Waals surface area contributed by atoms with Crippen LogP contribution in [0.15, 0.2) is 24.3 Å². The summed E-state index contributed by atoms with van der Waals surface area (Å²) in [7, 11) is 0. The number of ether oxygens (including phenoxy) is 1. The molecular formula is C16H26N2O2. The summed E-state index contributed by atoms with van der Waals surface area (Å²) < 4.78 is 5.62. The maximum atomic E-state index is 11.6. The first-order valence-corrected chi connectivity index (χ1v) is 7.39. The van der Waals surface area contributed by atoms with Crippen LogP contribution in [0, 0.1) is 6.92 Å². The minimum atomic E-state index is -0.0887. The van der Waals surface area contributed by atoms with Gasteiger partial charge in [0.1, 0.15) is 5.75 Å². The van der Waals surface area contributed by atoms with Crippen LogP contribution >= 0.6 is 0 Å². The van der Waals surface area contributed by atoms with Crippen LogP contribution in [0.1, 0.15) is 38.7 Å². The van der Waals surface area contributed by atoms with Gasteiger partial charge in [0, 0.05) is 12.6 Å². The summed E-state index contributed by atoms with van der Waals surface area (Å²) >= 11 is 0. The minimum Gasteiger partial charge on any atom is -0.494 e. The highest BCUT2D eigenvalue weighted by molar-refractivity contribution is 5.74. The van der Waals surface area contributed by atoms with Gasteiger partial charge < -0.3 is 15.4 Å². The van der Waals surface area contributed by atoms with Crippen LogP contribution in [0.3, 0.4) is 0 Å². The number of aryl methyl sites for hydroxylation is 1. The molecule has 1 aromatic carbocycles. The average Bonchev–Trinajstić information content (AvgIpc) is 2.44. The summed E-state index contributed by atoms with van der Waals surface area (Å²) in [6, 6.07) is 8.14. The van der Waals surface area contributed by atoms with Crippen molar-refractivity contribution in [1.29, 1.82) is 0 Å². The van der Waals surface area contributed by atoms with Gasteiger partial charge in [-0.25, -0.2) is 4.79 Å². The van der Waals surface area contributed by atoms with Crippen molar-refractivity contribution >= 4 is 6.03 Å². The SMILES string of the molecule is CCC(CC)NC(=O)NCCCOc1cccc(C)c1. The first-order valence-electron chi connectivity index (χ1n) is 7.39. The number of hydrogen-bond donors (Lipinski definition) is 2. The van der Waals surface area contributed by atoms with Gasteiger partial charge in [0.05, 0.1) is 6.61 Å². The fourth-order valence-corrected chi connectivity index (χ4v) is 1.90. The molecule has 1 aromatic rings. The van der Waals surface area contributed by atoms with E-state index in [4.69, 9.17) is 4.74 Å². The van der Waals surface area contributed by atoms with Gasteiger partial charge in [-0.05, 0) is 43.9 Å². The maximum absolute atomic E-state index is 11.6. The quantitative estimate of drug-likeness (QED) is 0.717. The summed E-state index contributed by atoms with van der Waals surface area (Å²) in [5, 5.41) is 5.79. The van der Waals surface area contributed by atoms with Crippen molar-refractivity contribution in [3.8, 4) is 5.75 Å². The number of nitrogens with one attached hydrogen (secondary N) is 2. The van der Waals surface area contributed by atoms with E-state index in [1.807, 2.05) is 31.2 Å². The number of amides is 2. The van der Waals surface area contributed by atoms with E-state index in [0.29, 0.717) is 13.2 Å². The van der Waals surface area contributed by atoms with Crippen molar-refractivity contribution < 1.29 is 9.53 Å². The zero-order chi connectivity index (χ0) is 14.8. The summed E-state index contributed by atoms with van der Waals surface area (Å²) in [6.45, 7) is 7.41. The molecule has 0 aliphatic heterocycles. The van der Waals surface area contributed by atoms with Crippen molar-refractivity contribution in [1.82, 2.24) is 10.6 Å². The molecule has 0 aromatic heterocycles. The van der Waals surface area contributed by atoms with Gasteiger partial charge in [0.2, 0.25) is 0 Å². The summed E-state index contributed by atoms with van der Waals surface area (Å²) in [6.07, 6.45) is 2.71. The largest absolute Gasteiger partial charge is 0.494 e. The van der Waals surface area contributed by atoms with E-state index in [2.05, 4.69) is 24.5 Å². The van der Waals surface area contributed by atoms with Crippen LogP contribution < -0.4 is 15.4 Å². The fourth-order valence-electron chi connectivity index (χ4n) is 1.90. The van der Waals surface area contributed by atoms with Gasteiger partial charge in [-0.2, -0.15) is 0 Å². The second-order valence-corrected chi connectivity index (χ2v) is 4.93. The van der Waals surface area contributed by atoms with Gasteiger partial charge in [-0.3, -0.25) is 0 Å². The molecule has 0 unspecified atom stereocenters. The second-order valence-electron chi connectivity index (χ2n) is 4.93. The standard InChI is InChI=1S/C16H26N2O2/c1-4-14(5-2)18-16(19)17-10-7-11-20-15-9-6-8-13(3)12-15/h6,8-9,12,14H,4-5,7,10-11H2,1-3H3,(H2,17,18,19). The smallest absolute Gasteiger partial charge is 0.315 e. The van der Waals surface area contributed by atoms with E-state index in [1.165, 1.54) is 5.56 Å². The monoisotopic (exact) mass is 278 g/mol. The van der Waals surface area contributed by atoms with Crippen LogP contribution in [-0.4, -0.2) is 25.2 Å². The molecule has 20 heavy (non-hydrogen) atoms. The lowest BCUT2D eigenvalue weighted by Crippen LogP contribution is -2.42. The van der Waals surface area contributed by atoms with E-state index in [0.717, 1.165) is 25.0 Å². The summed E-state index contributed by atoms with van der Waals surface area (Å²) in [5.74, 6) is 0.881. The van der Waals surface area contributed by atoms with Crippen LogP contribution in [0.5, 0.6) is 5.75 Å². The fraction of sp³-hybridized carbons (Fsp3) is 0.562. The van der Waals surface area contributed by atoms with Crippen molar-refractivity contribution in [3.63, 3.8) is 0 Å². The number of carbonyl (C=O) groups excluding carboxylic acids is 1. The summed E-state index contributed by atoms with van der Waals surface area (Å²) in [5.41, 5.74) is 1.19. The highest BCUT2D eigenvalue weighted by Crippen LogP contribution is 2.12. The lowest BCUT2D eigenvalue weighted by molar-refractivity contribution is 0.234. The Hall–Kier alpha value is -1.71. The molecule has 4 nitrogen and oxygen atoms in total. The number of carbonyl (C=O) groups is 1. The molecule has 0 saturated carbocycles. The van der Waals surface area contributed by atoms with Crippen molar-refractivity contribution in [2.75, 3.05) is 13.2 Å². The zero-order valence-electron chi connectivity index (χ0n) is 12.7. The molecule has 1 rings (SSSR count). The molecule has 4 heteroatoms. The molecule has 0 heterocycles. The molecule has 0 aliphatic rings. The van der Waals surface area contributed by atoms with Gasteiger partial charge in [0.25, 0.3) is 0 Å². The Balaban J connectivity index is 2.11. The van der Waals surface area contributed by atoms with Crippen molar-refractivity contribution in [2.24, 2.45) is 0 Å². The van der Waals surface area contributed by atoms with Crippen molar-refractivity contribution in [2.45, 2.75) is 46.1 Å².